The molecule has 6 nitrogen and oxygen atoms in total. The second-order valence-corrected chi connectivity index (χ2v) is 7.23. The van der Waals surface area contributed by atoms with Gasteiger partial charge in [0.15, 0.2) is 10.4 Å². The Morgan fingerprint density at radius 1 is 1.29 bits per heavy atom. The number of aromatic nitrogens is 1. The largest absolute Gasteiger partial charge is 0.444 e. The predicted molar refractivity (Wildman–Crippen MR) is 94.6 cm³/mol. The summed E-state index contributed by atoms with van der Waals surface area (Å²) >= 11 is 3.26. The fourth-order valence-electron chi connectivity index (χ4n) is 3.29. The van der Waals surface area contributed by atoms with Gasteiger partial charge in [0.1, 0.15) is 6.07 Å². The Labute approximate surface area is 150 Å². The Bertz CT molecular complexity index is 738. The molecule has 0 aliphatic heterocycles. The first-order valence-corrected chi connectivity index (χ1v) is 8.91. The summed E-state index contributed by atoms with van der Waals surface area (Å²) in [6, 6.07) is 5.61. The van der Waals surface area contributed by atoms with Crippen LogP contribution in [0.2, 0.25) is 0 Å². The zero-order valence-corrected chi connectivity index (χ0v) is 15.5. The Kier molecular flexibility index (Phi) is 4.97. The molecule has 0 atom stereocenters. The van der Waals surface area contributed by atoms with E-state index in [1.165, 1.54) is 19.3 Å². The molecule has 0 aromatic carbocycles. The van der Waals surface area contributed by atoms with Crippen LogP contribution in [0, 0.1) is 11.3 Å². The fourth-order valence-corrected chi connectivity index (χ4v) is 3.59. The van der Waals surface area contributed by atoms with Crippen LogP contribution in [0.3, 0.4) is 0 Å². The summed E-state index contributed by atoms with van der Waals surface area (Å²) in [5, 5.41) is 12.6. The Hall–Kier alpha value is -1.78. The SMILES string of the molecule is CN(C)C1(CNc2oc(-c3ccc(Br)o3)nc2C#N)CCCCC1. The lowest BCUT2D eigenvalue weighted by molar-refractivity contribution is 0.113. The summed E-state index contributed by atoms with van der Waals surface area (Å²) in [6.45, 7) is 0.727. The lowest BCUT2D eigenvalue weighted by atomic mass is 9.80. The van der Waals surface area contributed by atoms with Crippen molar-refractivity contribution < 1.29 is 8.83 Å². The van der Waals surface area contributed by atoms with Gasteiger partial charge in [-0.15, -0.1) is 0 Å². The van der Waals surface area contributed by atoms with Crippen molar-refractivity contribution in [2.24, 2.45) is 0 Å². The number of nitriles is 1. The highest BCUT2D eigenvalue weighted by Gasteiger charge is 2.34. The number of oxazole rings is 1. The van der Waals surface area contributed by atoms with Gasteiger partial charge >= 0.3 is 0 Å². The fraction of sp³-hybridized carbons (Fsp3) is 0.529. The molecular weight excluding hydrogens is 372 g/mol. The minimum Gasteiger partial charge on any atom is -0.444 e. The first kappa shape index (κ1) is 17.1. The predicted octanol–water partition coefficient (Wildman–Crippen LogP) is 4.25. The van der Waals surface area contributed by atoms with E-state index in [-0.39, 0.29) is 11.2 Å². The third kappa shape index (κ3) is 3.35. The average Bonchev–Trinajstić information content (AvgIpc) is 3.19. The number of furan rings is 1. The van der Waals surface area contributed by atoms with Gasteiger partial charge < -0.3 is 19.1 Å². The maximum atomic E-state index is 9.33. The van der Waals surface area contributed by atoms with Crippen LogP contribution >= 0.6 is 15.9 Å². The highest BCUT2D eigenvalue weighted by molar-refractivity contribution is 9.10. The molecular formula is C17H21BrN4O2. The van der Waals surface area contributed by atoms with Crippen molar-refractivity contribution in [2.45, 2.75) is 37.6 Å². The van der Waals surface area contributed by atoms with Crippen LogP contribution in [0.25, 0.3) is 11.7 Å². The van der Waals surface area contributed by atoms with Crippen LogP contribution in [0.1, 0.15) is 37.8 Å². The van der Waals surface area contributed by atoms with E-state index in [4.69, 9.17) is 8.83 Å². The highest BCUT2D eigenvalue weighted by atomic mass is 79.9. The molecule has 3 rings (SSSR count). The molecule has 1 aliphatic rings. The van der Waals surface area contributed by atoms with Crippen molar-refractivity contribution in [1.29, 1.82) is 5.26 Å². The number of nitrogens with one attached hydrogen (secondary N) is 1. The summed E-state index contributed by atoms with van der Waals surface area (Å²) in [5.74, 6) is 1.21. The lowest BCUT2D eigenvalue weighted by Crippen LogP contribution is -2.51. The minimum atomic E-state index is 0.0889. The molecule has 1 N–H and O–H groups in total. The van der Waals surface area contributed by atoms with E-state index < -0.39 is 0 Å². The summed E-state index contributed by atoms with van der Waals surface area (Å²) in [6.07, 6.45) is 6.03. The molecule has 2 heterocycles. The van der Waals surface area contributed by atoms with Crippen molar-refractivity contribution >= 4 is 21.8 Å². The van der Waals surface area contributed by atoms with Crippen molar-refractivity contribution in [3.05, 3.63) is 22.5 Å². The minimum absolute atomic E-state index is 0.0889. The molecule has 0 saturated heterocycles. The summed E-state index contributed by atoms with van der Waals surface area (Å²) in [7, 11) is 4.23. The van der Waals surface area contributed by atoms with Crippen LogP contribution < -0.4 is 5.32 Å². The van der Waals surface area contributed by atoms with Gasteiger partial charge in [-0.25, -0.2) is 0 Å². The van der Waals surface area contributed by atoms with Crippen molar-refractivity contribution in [2.75, 3.05) is 26.0 Å². The standard InChI is InChI=1S/C17H21BrN4O2/c1-22(2)17(8-4-3-5-9-17)11-20-15-12(10-19)21-16(24-15)13-6-7-14(18)23-13/h6-7,20H,3-5,8-9,11H2,1-2H3. The smallest absolute Gasteiger partial charge is 0.266 e. The molecule has 0 bridgehead atoms. The maximum Gasteiger partial charge on any atom is 0.266 e. The number of nitrogens with zero attached hydrogens (tertiary/aromatic N) is 3. The van der Waals surface area contributed by atoms with E-state index >= 15 is 0 Å². The van der Waals surface area contributed by atoms with E-state index in [1.54, 1.807) is 12.1 Å². The van der Waals surface area contributed by atoms with Gasteiger partial charge in [-0.2, -0.15) is 10.2 Å². The van der Waals surface area contributed by atoms with Gasteiger partial charge in [-0.05, 0) is 55.0 Å². The van der Waals surface area contributed by atoms with E-state index in [0.29, 0.717) is 22.2 Å². The number of halogens is 1. The Morgan fingerprint density at radius 2 is 2.04 bits per heavy atom. The van der Waals surface area contributed by atoms with E-state index in [2.05, 4.69) is 51.3 Å². The molecule has 0 spiro atoms. The third-order valence-corrected chi connectivity index (χ3v) is 5.25. The number of hydrogen-bond donors (Lipinski definition) is 1. The molecule has 24 heavy (non-hydrogen) atoms. The Balaban J connectivity index is 1.79. The van der Waals surface area contributed by atoms with Crippen molar-refractivity contribution in [3.8, 4) is 17.7 Å². The summed E-state index contributed by atoms with van der Waals surface area (Å²) in [4.78, 5) is 6.51. The summed E-state index contributed by atoms with van der Waals surface area (Å²) < 4.78 is 11.8. The normalized spacial score (nSPS) is 17.0. The van der Waals surface area contributed by atoms with Gasteiger partial charge in [0.2, 0.25) is 11.6 Å². The molecule has 1 saturated carbocycles. The number of likely N-dealkylation sites (N-methyl/N-ethyl adjacent to an activating group) is 1. The van der Waals surface area contributed by atoms with Gasteiger partial charge in [-0.3, -0.25) is 0 Å². The first-order chi connectivity index (χ1) is 11.5. The summed E-state index contributed by atoms with van der Waals surface area (Å²) in [5.41, 5.74) is 0.341. The van der Waals surface area contributed by atoms with Gasteiger partial charge in [0, 0.05) is 12.1 Å². The Morgan fingerprint density at radius 3 is 2.62 bits per heavy atom. The molecule has 2 aromatic heterocycles. The van der Waals surface area contributed by atoms with Crippen molar-refractivity contribution in [3.63, 3.8) is 0 Å². The monoisotopic (exact) mass is 392 g/mol. The number of hydrogen-bond acceptors (Lipinski definition) is 6. The van der Waals surface area contributed by atoms with Gasteiger partial charge in [0.25, 0.3) is 5.89 Å². The second kappa shape index (κ2) is 6.99. The quantitative estimate of drug-likeness (QED) is 0.819. The van der Waals surface area contributed by atoms with Crippen LogP contribution in [0.4, 0.5) is 5.88 Å². The molecule has 7 heteroatoms. The molecule has 0 unspecified atom stereocenters. The highest BCUT2D eigenvalue weighted by Crippen LogP contribution is 2.34. The van der Waals surface area contributed by atoms with Gasteiger partial charge in [0.05, 0.1) is 0 Å². The van der Waals surface area contributed by atoms with Crippen LogP contribution in [-0.4, -0.2) is 36.1 Å². The molecule has 2 aromatic rings. The van der Waals surface area contributed by atoms with E-state index in [9.17, 15) is 5.26 Å². The number of rotatable bonds is 5. The molecule has 1 aliphatic carbocycles. The zero-order valence-electron chi connectivity index (χ0n) is 13.9. The third-order valence-electron chi connectivity index (χ3n) is 4.83. The molecule has 0 amide bonds. The van der Waals surface area contributed by atoms with Crippen LogP contribution in [0.15, 0.2) is 25.6 Å². The van der Waals surface area contributed by atoms with E-state index in [0.717, 1.165) is 19.4 Å². The lowest BCUT2D eigenvalue weighted by Gasteiger charge is -2.43. The molecule has 1 fully saturated rings. The molecule has 128 valence electrons. The molecule has 0 radical (unpaired) electrons. The maximum absolute atomic E-state index is 9.33. The topological polar surface area (TPSA) is 78.2 Å². The number of anilines is 1. The van der Waals surface area contributed by atoms with Gasteiger partial charge in [-0.1, -0.05) is 19.3 Å². The average molecular weight is 393 g/mol. The van der Waals surface area contributed by atoms with Crippen molar-refractivity contribution in [1.82, 2.24) is 9.88 Å². The van der Waals surface area contributed by atoms with Crippen LogP contribution in [-0.2, 0) is 0 Å². The first-order valence-electron chi connectivity index (χ1n) is 8.12. The van der Waals surface area contributed by atoms with E-state index in [1.807, 2.05) is 0 Å². The second-order valence-electron chi connectivity index (χ2n) is 6.45. The van der Waals surface area contributed by atoms with Crippen LogP contribution in [0.5, 0.6) is 0 Å². The zero-order chi connectivity index (χ0) is 17.2.